The highest BCUT2D eigenvalue weighted by atomic mass is 32.2. The monoisotopic (exact) mass is 302 g/mol. The summed E-state index contributed by atoms with van der Waals surface area (Å²) < 4.78 is 29.5. The summed E-state index contributed by atoms with van der Waals surface area (Å²) in [6, 6.07) is 3.62. The minimum absolute atomic E-state index is 0.281. The summed E-state index contributed by atoms with van der Waals surface area (Å²) >= 11 is 1.39. The van der Waals surface area contributed by atoms with E-state index >= 15 is 0 Å². The van der Waals surface area contributed by atoms with Gasteiger partial charge in [0.25, 0.3) is 0 Å². The normalized spacial score (nSPS) is 17.5. The summed E-state index contributed by atoms with van der Waals surface area (Å²) in [6.07, 6.45) is 1.87. The molecule has 0 N–H and O–H groups in total. The molecule has 0 bridgehead atoms. The van der Waals surface area contributed by atoms with Gasteiger partial charge in [0.2, 0.25) is 0 Å². The first kappa shape index (κ1) is 14.7. The molecule has 0 unspecified atom stereocenters. The molecule has 1 fully saturated rings. The van der Waals surface area contributed by atoms with E-state index in [0.717, 1.165) is 11.3 Å². The molecule has 1 aromatic rings. The third kappa shape index (κ3) is 3.64. The summed E-state index contributed by atoms with van der Waals surface area (Å²) in [5.74, 6) is -0.655. The Balaban J connectivity index is 2.04. The van der Waals surface area contributed by atoms with E-state index in [9.17, 15) is 13.2 Å². The fourth-order valence-corrected chi connectivity index (χ4v) is 4.77. The zero-order valence-electron chi connectivity index (χ0n) is 10.9. The van der Waals surface area contributed by atoms with Gasteiger partial charge in [0, 0.05) is 18.1 Å². The Hall–Kier alpha value is -0.720. The lowest BCUT2D eigenvalue weighted by Gasteiger charge is -2.21. The van der Waals surface area contributed by atoms with Gasteiger partial charge in [0.05, 0.1) is 10.1 Å². The zero-order chi connectivity index (χ0) is 13.9. The van der Waals surface area contributed by atoms with E-state index in [1.165, 1.54) is 11.3 Å². The van der Waals surface area contributed by atoms with Crippen molar-refractivity contribution >= 4 is 27.0 Å². The van der Waals surface area contributed by atoms with Crippen LogP contribution < -0.4 is 0 Å². The number of carbonyl (C=O) groups is 1. The molecule has 2 heterocycles. The van der Waals surface area contributed by atoms with Crippen molar-refractivity contribution in [2.45, 2.75) is 31.4 Å². The number of sulfone groups is 1. The molecule has 1 aliphatic rings. The van der Waals surface area contributed by atoms with Crippen molar-refractivity contribution in [2.75, 3.05) is 19.0 Å². The van der Waals surface area contributed by atoms with Gasteiger partial charge in [-0.3, -0.25) is 4.79 Å². The molecule has 19 heavy (non-hydrogen) atoms. The summed E-state index contributed by atoms with van der Waals surface area (Å²) in [6.45, 7) is 2.95. The first-order chi connectivity index (χ1) is 9.03. The molecular weight excluding hydrogens is 284 g/mol. The van der Waals surface area contributed by atoms with Crippen LogP contribution in [-0.2, 0) is 21.0 Å². The Bertz CT molecular complexity index is 539. The SMILES string of the molecule is CCc1ccc(C(=O)CS(=O)(=O)C2CCOCC2)s1. The molecule has 1 aliphatic heterocycles. The number of aryl methyl sites for hydroxylation is 1. The van der Waals surface area contributed by atoms with Crippen LogP contribution in [0.2, 0.25) is 0 Å². The number of ketones is 1. The van der Waals surface area contributed by atoms with Crippen molar-refractivity contribution < 1.29 is 17.9 Å². The molecule has 6 heteroatoms. The Morgan fingerprint density at radius 2 is 2.05 bits per heavy atom. The van der Waals surface area contributed by atoms with E-state index < -0.39 is 15.1 Å². The molecule has 0 radical (unpaired) electrons. The van der Waals surface area contributed by atoms with Crippen molar-refractivity contribution in [3.8, 4) is 0 Å². The van der Waals surface area contributed by atoms with Gasteiger partial charge in [-0.1, -0.05) is 6.92 Å². The van der Waals surface area contributed by atoms with Crippen molar-refractivity contribution in [3.63, 3.8) is 0 Å². The number of hydrogen-bond donors (Lipinski definition) is 0. The number of ether oxygens (including phenoxy) is 1. The molecule has 0 aromatic carbocycles. The van der Waals surface area contributed by atoms with Crippen LogP contribution in [0.4, 0.5) is 0 Å². The second-order valence-electron chi connectivity index (χ2n) is 4.66. The van der Waals surface area contributed by atoms with E-state index in [4.69, 9.17) is 4.74 Å². The first-order valence-corrected chi connectivity index (χ1v) is 8.97. The molecule has 1 saturated heterocycles. The first-order valence-electron chi connectivity index (χ1n) is 6.44. The van der Waals surface area contributed by atoms with Crippen LogP contribution in [-0.4, -0.2) is 38.4 Å². The molecule has 4 nitrogen and oxygen atoms in total. The van der Waals surface area contributed by atoms with Crippen molar-refractivity contribution in [2.24, 2.45) is 0 Å². The summed E-state index contributed by atoms with van der Waals surface area (Å²) in [4.78, 5) is 13.7. The van der Waals surface area contributed by atoms with Crippen LogP contribution in [0, 0.1) is 0 Å². The van der Waals surface area contributed by atoms with E-state index in [2.05, 4.69) is 0 Å². The quantitative estimate of drug-likeness (QED) is 0.781. The minimum atomic E-state index is -3.35. The summed E-state index contributed by atoms with van der Waals surface area (Å²) in [7, 11) is -3.35. The molecule has 0 aliphatic carbocycles. The zero-order valence-corrected chi connectivity index (χ0v) is 12.6. The second-order valence-corrected chi connectivity index (χ2v) is 8.11. The maximum absolute atomic E-state index is 12.2. The highest BCUT2D eigenvalue weighted by Gasteiger charge is 2.30. The van der Waals surface area contributed by atoms with Crippen molar-refractivity contribution in [1.29, 1.82) is 0 Å². The summed E-state index contributed by atoms with van der Waals surface area (Å²) in [5, 5.41) is -0.421. The van der Waals surface area contributed by atoms with Crippen molar-refractivity contribution in [3.05, 3.63) is 21.9 Å². The number of hydrogen-bond acceptors (Lipinski definition) is 5. The number of carbonyl (C=O) groups excluding carboxylic acids is 1. The Morgan fingerprint density at radius 1 is 1.37 bits per heavy atom. The lowest BCUT2D eigenvalue weighted by molar-refractivity contribution is 0.0972. The topological polar surface area (TPSA) is 60.4 Å². The van der Waals surface area contributed by atoms with E-state index in [-0.39, 0.29) is 11.5 Å². The second kappa shape index (κ2) is 6.15. The average molecular weight is 302 g/mol. The van der Waals surface area contributed by atoms with E-state index in [0.29, 0.717) is 30.9 Å². The highest BCUT2D eigenvalue weighted by Crippen LogP contribution is 2.21. The average Bonchev–Trinajstić information content (AvgIpc) is 2.88. The molecule has 0 amide bonds. The molecule has 2 rings (SSSR count). The molecular formula is C13H18O4S2. The van der Waals surface area contributed by atoms with Crippen molar-refractivity contribution in [1.82, 2.24) is 0 Å². The number of thiophene rings is 1. The van der Waals surface area contributed by atoms with Gasteiger partial charge in [-0.15, -0.1) is 11.3 Å². The Labute approximate surface area is 117 Å². The third-order valence-corrected chi connectivity index (χ3v) is 6.72. The van der Waals surface area contributed by atoms with Crippen LogP contribution in [0.25, 0.3) is 0 Å². The summed E-state index contributed by atoms with van der Waals surface area (Å²) in [5.41, 5.74) is 0. The molecule has 1 aromatic heterocycles. The van der Waals surface area contributed by atoms with E-state index in [1.807, 2.05) is 13.0 Å². The fraction of sp³-hybridized carbons (Fsp3) is 0.615. The van der Waals surface area contributed by atoms with Crippen LogP contribution in [0.1, 0.15) is 34.3 Å². The molecule has 106 valence electrons. The predicted molar refractivity (Wildman–Crippen MR) is 75.7 cm³/mol. The van der Waals surface area contributed by atoms with Gasteiger partial charge in [-0.05, 0) is 31.4 Å². The highest BCUT2D eigenvalue weighted by molar-refractivity contribution is 7.92. The molecule has 0 saturated carbocycles. The van der Waals surface area contributed by atoms with E-state index in [1.54, 1.807) is 6.07 Å². The number of rotatable bonds is 5. The predicted octanol–water partition coefficient (Wildman–Crippen LogP) is 2.09. The van der Waals surface area contributed by atoms with Gasteiger partial charge < -0.3 is 4.74 Å². The Kier molecular flexibility index (Phi) is 4.76. The van der Waals surface area contributed by atoms with Crippen LogP contribution in [0.5, 0.6) is 0 Å². The number of Topliss-reactive ketones (excluding diaryl/α,β-unsaturated/α-hetero) is 1. The van der Waals surface area contributed by atoms with Crippen LogP contribution >= 0.6 is 11.3 Å². The lowest BCUT2D eigenvalue weighted by Crippen LogP contribution is -2.32. The maximum Gasteiger partial charge on any atom is 0.187 e. The van der Waals surface area contributed by atoms with Gasteiger partial charge >= 0.3 is 0 Å². The standard InChI is InChI=1S/C13H18O4S2/c1-2-10-3-4-13(18-10)12(14)9-19(15,16)11-5-7-17-8-6-11/h3-4,11H,2,5-9H2,1H3. The minimum Gasteiger partial charge on any atom is -0.381 e. The molecule has 0 atom stereocenters. The fourth-order valence-electron chi connectivity index (χ4n) is 2.12. The maximum atomic E-state index is 12.2. The van der Waals surface area contributed by atoms with Gasteiger partial charge in [0.15, 0.2) is 15.6 Å². The van der Waals surface area contributed by atoms with Crippen LogP contribution in [0.15, 0.2) is 12.1 Å². The smallest absolute Gasteiger partial charge is 0.187 e. The van der Waals surface area contributed by atoms with Crippen LogP contribution in [0.3, 0.4) is 0 Å². The van der Waals surface area contributed by atoms with Gasteiger partial charge in [0.1, 0.15) is 5.75 Å². The molecule has 0 spiro atoms. The third-order valence-electron chi connectivity index (χ3n) is 3.29. The Morgan fingerprint density at radius 3 is 2.63 bits per heavy atom. The largest absolute Gasteiger partial charge is 0.381 e. The van der Waals surface area contributed by atoms with Gasteiger partial charge in [-0.25, -0.2) is 8.42 Å². The van der Waals surface area contributed by atoms with Gasteiger partial charge in [-0.2, -0.15) is 0 Å². The lowest BCUT2D eigenvalue weighted by atomic mass is 10.2.